The van der Waals surface area contributed by atoms with Gasteiger partial charge in [-0.1, -0.05) is 60.1 Å². The van der Waals surface area contributed by atoms with Crippen LogP contribution in [0.1, 0.15) is 0 Å². The van der Waals surface area contributed by atoms with E-state index in [9.17, 15) is 4.39 Å². The van der Waals surface area contributed by atoms with Crippen molar-refractivity contribution >= 4 is 30.4 Å². The van der Waals surface area contributed by atoms with Crippen molar-refractivity contribution in [3.8, 4) is 11.1 Å². The molecule has 0 spiro atoms. The molecule has 128 valence electrons. The average Bonchev–Trinajstić information content (AvgIpc) is 2.72. The summed E-state index contributed by atoms with van der Waals surface area (Å²) in [5, 5.41) is 0. The van der Waals surface area contributed by atoms with Gasteiger partial charge in [-0.25, -0.2) is 4.39 Å². The van der Waals surface area contributed by atoms with Crippen LogP contribution in [0.3, 0.4) is 0 Å². The fourth-order valence-electron chi connectivity index (χ4n) is 3.09. The minimum absolute atomic E-state index is 0.254. The Balaban J connectivity index is 1.76. The molecule has 0 aliphatic carbocycles. The Bertz CT molecular complexity index is 965. The summed E-state index contributed by atoms with van der Waals surface area (Å²) in [5.41, 5.74) is 5.86. The molecule has 0 N–H and O–H groups in total. The lowest BCUT2D eigenvalue weighted by Crippen LogP contribution is -2.11. The van der Waals surface area contributed by atoms with Crippen molar-refractivity contribution in [2.24, 2.45) is 0 Å². The van der Waals surface area contributed by atoms with Gasteiger partial charge in [0, 0.05) is 17.1 Å². The predicted octanol–water partition coefficient (Wildman–Crippen LogP) is 5.76. The summed E-state index contributed by atoms with van der Waals surface area (Å²) in [5.74, 6) is -0.254. The highest BCUT2D eigenvalue weighted by Gasteiger charge is 2.12. The van der Waals surface area contributed by atoms with E-state index in [-0.39, 0.29) is 5.82 Å². The van der Waals surface area contributed by atoms with E-state index in [0.29, 0.717) is 5.46 Å². The van der Waals surface area contributed by atoms with Crippen LogP contribution in [-0.2, 0) is 0 Å². The topological polar surface area (TPSA) is 3.24 Å². The van der Waals surface area contributed by atoms with E-state index in [0.717, 1.165) is 22.6 Å². The molecule has 0 aliphatic rings. The molecule has 0 aromatic heterocycles. The van der Waals surface area contributed by atoms with Gasteiger partial charge < -0.3 is 4.90 Å². The molecule has 0 aliphatic heterocycles. The molecule has 0 heterocycles. The van der Waals surface area contributed by atoms with Crippen LogP contribution < -0.4 is 10.4 Å². The summed E-state index contributed by atoms with van der Waals surface area (Å²) in [6, 6.07) is 32.7. The van der Waals surface area contributed by atoms with Gasteiger partial charge in [-0.05, 0) is 59.7 Å². The van der Waals surface area contributed by atoms with Crippen LogP contribution >= 0.6 is 0 Å². The smallest absolute Gasteiger partial charge is 0.123 e. The van der Waals surface area contributed by atoms with Gasteiger partial charge in [-0.15, -0.1) is 0 Å². The zero-order valence-corrected chi connectivity index (χ0v) is 14.7. The number of anilines is 3. The minimum atomic E-state index is -0.254. The van der Waals surface area contributed by atoms with E-state index in [4.69, 9.17) is 7.85 Å². The molecule has 0 saturated heterocycles. The molecule has 2 radical (unpaired) electrons. The fraction of sp³-hybridized carbons (Fsp3) is 0. The molecule has 4 aromatic carbocycles. The second-order valence-electron chi connectivity index (χ2n) is 6.32. The first kappa shape index (κ1) is 17.1. The monoisotopic (exact) mass is 349 g/mol. The molecule has 27 heavy (non-hydrogen) atoms. The highest BCUT2D eigenvalue weighted by atomic mass is 19.1. The summed E-state index contributed by atoms with van der Waals surface area (Å²) >= 11 is 0. The van der Waals surface area contributed by atoms with E-state index in [1.165, 1.54) is 17.7 Å². The summed E-state index contributed by atoms with van der Waals surface area (Å²) in [7, 11) is 5.84. The van der Waals surface area contributed by atoms with Crippen LogP contribution in [-0.4, -0.2) is 7.85 Å². The number of benzene rings is 4. The van der Waals surface area contributed by atoms with Crippen LogP contribution in [0.15, 0.2) is 103 Å². The standard InChI is InChI=1S/C24H17BFN/c25-20-8-14-23(15-9-20)27(24-16-10-21(26)11-17-24)22-12-6-19(7-13-22)18-4-2-1-3-5-18/h1-17H. The Morgan fingerprint density at radius 1 is 0.519 bits per heavy atom. The van der Waals surface area contributed by atoms with Crippen LogP contribution in [0.2, 0.25) is 0 Å². The largest absolute Gasteiger partial charge is 0.311 e. The molecule has 0 fully saturated rings. The maximum absolute atomic E-state index is 13.4. The van der Waals surface area contributed by atoms with Crippen LogP contribution in [0.25, 0.3) is 11.1 Å². The SMILES string of the molecule is [B]c1ccc(N(c2ccc(F)cc2)c2ccc(-c3ccccc3)cc2)cc1. The molecule has 0 atom stereocenters. The van der Waals surface area contributed by atoms with Crippen molar-refractivity contribution in [2.75, 3.05) is 4.90 Å². The average molecular weight is 349 g/mol. The Hall–Kier alpha value is -3.33. The van der Waals surface area contributed by atoms with Gasteiger partial charge in [-0.3, -0.25) is 0 Å². The summed E-state index contributed by atoms with van der Waals surface area (Å²) < 4.78 is 13.4. The molecular formula is C24H17BFN. The molecule has 0 amide bonds. The molecule has 0 unspecified atom stereocenters. The van der Waals surface area contributed by atoms with Gasteiger partial charge in [0.2, 0.25) is 0 Å². The van der Waals surface area contributed by atoms with Crippen molar-refractivity contribution in [1.29, 1.82) is 0 Å². The van der Waals surface area contributed by atoms with Crippen molar-refractivity contribution < 1.29 is 4.39 Å². The molecule has 3 heteroatoms. The minimum Gasteiger partial charge on any atom is -0.311 e. The molecule has 4 aromatic rings. The van der Waals surface area contributed by atoms with E-state index in [2.05, 4.69) is 41.3 Å². The Kier molecular flexibility index (Phi) is 4.76. The van der Waals surface area contributed by atoms with Crippen LogP contribution in [0, 0.1) is 5.82 Å². The van der Waals surface area contributed by atoms with Gasteiger partial charge in [0.1, 0.15) is 13.7 Å². The Labute approximate surface area is 160 Å². The number of halogens is 1. The van der Waals surface area contributed by atoms with Crippen molar-refractivity contribution in [3.63, 3.8) is 0 Å². The summed E-state index contributed by atoms with van der Waals surface area (Å²) in [4.78, 5) is 2.08. The van der Waals surface area contributed by atoms with Crippen molar-refractivity contribution in [1.82, 2.24) is 0 Å². The highest BCUT2D eigenvalue weighted by Crippen LogP contribution is 2.35. The van der Waals surface area contributed by atoms with E-state index in [1.807, 2.05) is 42.5 Å². The molecule has 1 nitrogen and oxygen atoms in total. The lowest BCUT2D eigenvalue weighted by molar-refractivity contribution is 0.628. The third-order valence-electron chi connectivity index (χ3n) is 4.47. The van der Waals surface area contributed by atoms with E-state index in [1.54, 1.807) is 12.1 Å². The van der Waals surface area contributed by atoms with Gasteiger partial charge >= 0.3 is 0 Å². The Morgan fingerprint density at radius 3 is 1.52 bits per heavy atom. The quantitative estimate of drug-likeness (QED) is 0.424. The predicted molar refractivity (Wildman–Crippen MR) is 112 cm³/mol. The number of hydrogen-bond acceptors (Lipinski definition) is 1. The lowest BCUT2D eigenvalue weighted by Gasteiger charge is -2.25. The first-order valence-electron chi connectivity index (χ1n) is 8.77. The Morgan fingerprint density at radius 2 is 0.963 bits per heavy atom. The number of nitrogens with zero attached hydrogens (tertiary/aromatic N) is 1. The van der Waals surface area contributed by atoms with E-state index < -0.39 is 0 Å². The van der Waals surface area contributed by atoms with Gasteiger partial charge in [0.25, 0.3) is 0 Å². The zero-order chi connectivity index (χ0) is 18.6. The lowest BCUT2D eigenvalue weighted by atomic mass is 9.96. The van der Waals surface area contributed by atoms with Gasteiger partial charge in [0.15, 0.2) is 0 Å². The highest BCUT2D eigenvalue weighted by molar-refractivity contribution is 6.32. The zero-order valence-electron chi connectivity index (χ0n) is 14.7. The second kappa shape index (κ2) is 7.51. The molecule has 0 saturated carbocycles. The molecular weight excluding hydrogens is 332 g/mol. The maximum atomic E-state index is 13.4. The number of rotatable bonds is 4. The van der Waals surface area contributed by atoms with E-state index >= 15 is 0 Å². The summed E-state index contributed by atoms with van der Waals surface area (Å²) in [6.45, 7) is 0. The van der Waals surface area contributed by atoms with Crippen molar-refractivity contribution in [2.45, 2.75) is 0 Å². The third kappa shape index (κ3) is 3.77. The van der Waals surface area contributed by atoms with Gasteiger partial charge in [0.05, 0.1) is 0 Å². The first-order chi connectivity index (χ1) is 13.2. The number of hydrogen-bond donors (Lipinski definition) is 0. The van der Waals surface area contributed by atoms with Crippen LogP contribution in [0.4, 0.5) is 21.5 Å². The van der Waals surface area contributed by atoms with Crippen LogP contribution in [0.5, 0.6) is 0 Å². The molecule has 4 rings (SSSR count). The normalized spacial score (nSPS) is 10.6. The van der Waals surface area contributed by atoms with Crippen molar-refractivity contribution in [3.05, 3.63) is 109 Å². The summed E-state index contributed by atoms with van der Waals surface area (Å²) in [6.07, 6.45) is 0. The van der Waals surface area contributed by atoms with Gasteiger partial charge in [-0.2, -0.15) is 0 Å². The third-order valence-corrected chi connectivity index (χ3v) is 4.47. The maximum Gasteiger partial charge on any atom is 0.123 e. The molecule has 0 bridgehead atoms. The first-order valence-corrected chi connectivity index (χ1v) is 8.77. The fourth-order valence-corrected chi connectivity index (χ4v) is 3.09. The second-order valence-corrected chi connectivity index (χ2v) is 6.32.